The van der Waals surface area contributed by atoms with E-state index in [0.29, 0.717) is 9.91 Å². The summed E-state index contributed by atoms with van der Waals surface area (Å²) >= 11 is 0. The summed E-state index contributed by atoms with van der Waals surface area (Å²) in [6.45, 7) is -1.05. The first kappa shape index (κ1) is 33.4. The van der Waals surface area contributed by atoms with Crippen LogP contribution in [0.1, 0.15) is 27.3 Å². The second kappa shape index (κ2) is 14.2. The van der Waals surface area contributed by atoms with Gasteiger partial charge in [0.15, 0.2) is 11.5 Å². The van der Waals surface area contributed by atoms with Crippen molar-refractivity contribution in [2.75, 3.05) is 19.6 Å². The van der Waals surface area contributed by atoms with Gasteiger partial charge in [-0.05, 0) is 11.1 Å². The lowest BCUT2D eigenvalue weighted by molar-refractivity contribution is -0.138. The van der Waals surface area contributed by atoms with E-state index in [9.17, 15) is 32.4 Å². The first-order valence-corrected chi connectivity index (χ1v) is 15.8. The number of hydrogen-bond acceptors (Lipinski definition) is 11. The number of carbonyl (C=O) groups is 5. The van der Waals surface area contributed by atoms with Crippen LogP contribution in [0.25, 0.3) is 0 Å². The Morgan fingerprint density at radius 2 is 1.58 bits per heavy atom. The predicted octanol–water partition coefficient (Wildman–Crippen LogP) is 0.514. The summed E-state index contributed by atoms with van der Waals surface area (Å²) in [5.74, 6) is -1.51. The van der Waals surface area contributed by atoms with Crippen molar-refractivity contribution in [3.8, 4) is 11.5 Å². The van der Waals surface area contributed by atoms with Gasteiger partial charge in [0, 0.05) is 12.6 Å². The Bertz CT molecular complexity index is 1830. The highest BCUT2D eigenvalue weighted by Crippen LogP contribution is 2.33. The Kier molecular flexibility index (Phi) is 9.90. The zero-order valence-electron chi connectivity index (χ0n) is 25.1. The highest BCUT2D eigenvalue weighted by Gasteiger charge is 2.45. The van der Waals surface area contributed by atoms with Crippen molar-refractivity contribution in [3.05, 3.63) is 89.2 Å². The van der Waals surface area contributed by atoms with Crippen LogP contribution >= 0.6 is 0 Å². The van der Waals surface area contributed by atoms with Gasteiger partial charge < -0.3 is 25.6 Å². The average Bonchev–Trinajstić information content (AvgIpc) is 3.44. The van der Waals surface area contributed by atoms with Crippen LogP contribution < -0.4 is 30.7 Å². The lowest BCUT2D eigenvalue weighted by atomic mass is 10.1. The normalized spacial score (nSPS) is 15.9. The van der Waals surface area contributed by atoms with Crippen molar-refractivity contribution in [2.45, 2.75) is 25.8 Å². The summed E-state index contributed by atoms with van der Waals surface area (Å²) < 4.78 is 39.6. The van der Waals surface area contributed by atoms with Crippen LogP contribution in [0, 0.1) is 0 Å². The number of carboxylic acid groups (broad SMARTS) is 1. The molecule has 2 fully saturated rings. The molecule has 2 aliphatic heterocycles. The molecule has 1 atom stereocenters. The van der Waals surface area contributed by atoms with Gasteiger partial charge in [0.05, 0.1) is 19.6 Å². The molecular weight excluding hydrogens is 652 g/mol. The molecule has 1 unspecified atom stereocenters. The van der Waals surface area contributed by atoms with E-state index < -0.39 is 59.3 Å². The summed E-state index contributed by atoms with van der Waals surface area (Å²) in [6.07, 6.45) is -1.50. The van der Waals surface area contributed by atoms with Gasteiger partial charge in [-0.25, -0.2) is 33.4 Å². The maximum absolute atomic E-state index is 13.3. The van der Waals surface area contributed by atoms with Gasteiger partial charge in [0.1, 0.15) is 30.6 Å². The summed E-state index contributed by atoms with van der Waals surface area (Å²) in [5.41, 5.74) is 9.93. The molecule has 0 bridgehead atoms. The molecule has 3 heterocycles. The number of urea groups is 2. The van der Waals surface area contributed by atoms with Crippen LogP contribution in [0.3, 0.4) is 0 Å². The summed E-state index contributed by atoms with van der Waals surface area (Å²) in [7, 11) is -4.82. The lowest BCUT2D eigenvalue weighted by Gasteiger charge is -2.36. The minimum atomic E-state index is -4.82. The molecule has 19 heteroatoms. The smallest absolute Gasteiger partial charge is 0.405 e. The Morgan fingerprint density at radius 3 is 2.17 bits per heavy atom. The number of β-lactam (4-membered cyclic amide) rings is 1. The van der Waals surface area contributed by atoms with E-state index in [2.05, 4.69) is 10.4 Å². The van der Waals surface area contributed by atoms with E-state index in [4.69, 9.17) is 20.3 Å². The number of rotatable bonds is 12. The van der Waals surface area contributed by atoms with Crippen LogP contribution in [-0.2, 0) is 34.8 Å². The number of carbonyl (C=O) groups excluding carboxylic acids is 4. The summed E-state index contributed by atoms with van der Waals surface area (Å²) in [6, 6.07) is 16.0. The number of nitrogens with zero attached hydrogens (tertiary/aromatic N) is 4. The molecule has 5 rings (SSSR count). The molecule has 1 aromatic heterocycles. The van der Waals surface area contributed by atoms with Crippen molar-refractivity contribution in [1.82, 2.24) is 34.7 Å². The standard InChI is InChI=1S/C29H30N8O10S/c30-14-21-24(47-17-19-9-5-2-6-10-19)23(46-16-18-7-3-1-4-8-18)13-20(31-21)25(38)33-36-11-12-37(29(36)43)48(44,45)34-27(40)35-15-22(26(35)39)32-28(41)42/h1-10,13,22,32H,11-12,14-17,30H2,(H,33,38)(H,34,40)(H,41,42). The SMILES string of the molecule is NCc1nc(C(=O)NN2CCN(S(=O)(=O)NC(=O)N3CC(NC(=O)O)C3=O)C2=O)cc(OCc2ccccc2)c1OCc1ccccc1. The van der Waals surface area contributed by atoms with Gasteiger partial charge in [-0.1, -0.05) is 60.7 Å². The minimum absolute atomic E-state index is 0.112. The van der Waals surface area contributed by atoms with Gasteiger partial charge in [0.25, 0.3) is 11.8 Å². The third-order valence-electron chi connectivity index (χ3n) is 7.08. The van der Waals surface area contributed by atoms with E-state index in [-0.39, 0.29) is 53.5 Å². The van der Waals surface area contributed by atoms with Crippen molar-refractivity contribution in [1.29, 1.82) is 0 Å². The molecule has 0 spiro atoms. The Morgan fingerprint density at radius 1 is 0.958 bits per heavy atom. The largest absolute Gasteiger partial charge is 0.485 e. The number of amides is 7. The van der Waals surface area contributed by atoms with Crippen molar-refractivity contribution >= 4 is 40.2 Å². The first-order chi connectivity index (χ1) is 23.0. The number of likely N-dealkylation sites (tertiary alicyclic amines) is 1. The highest BCUT2D eigenvalue weighted by atomic mass is 32.2. The number of pyridine rings is 1. The van der Waals surface area contributed by atoms with E-state index >= 15 is 0 Å². The second-order valence-corrected chi connectivity index (χ2v) is 11.9. The molecule has 2 aromatic carbocycles. The quantitative estimate of drug-likeness (QED) is 0.164. The molecule has 18 nitrogen and oxygen atoms in total. The maximum atomic E-state index is 13.3. The van der Waals surface area contributed by atoms with Gasteiger partial charge >= 0.3 is 28.4 Å². The number of hydrazine groups is 1. The minimum Gasteiger partial charge on any atom is -0.485 e. The van der Waals surface area contributed by atoms with Crippen LogP contribution in [0.2, 0.25) is 0 Å². The number of benzene rings is 2. The van der Waals surface area contributed by atoms with Crippen molar-refractivity contribution in [3.63, 3.8) is 0 Å². The number of aromatic nitrogens is 1. The molecule has 0 radical (unpaired) electrons. The molecule has 252 valence electrons. The molecule has 0 saturated carbocycles. The first-order valence-electron chi connectivity index (χ1n) is 14.3. The monoisotopic (exact) mass is 682 g/mol. The highest BCUT2D eigenvalue weighted by molar-refractivity contribution is 7.88. The number of imide groups is 1. The van der Waals surface area contributed by atoms with E-state index in [0.717, 1.165) is 11.1 Å². The summed E-state index contributed by atoms with van der Waals surface area (Å²) in [5, 5.41) is 11.3. The molecule has 2 saturated heterocycles. The third kappa shape index (κ3) is 7.53. The molecule has 2 aliphatic rings. The topological polar surface area (TPSA) is 243 Å². The fourth-order valence-corrected chi connectivity index (χ4v) is 5.72. The van der Waals surface area contributed by atoms with Crippen LogP contribution in [0.15, 0.2) is 66.7 Å². The molecule has 48 heavy (non-hydrogen) atoms. The maximum Gasteiger partial charge on any atom is 0.405 e. The molecule has 6 N–H and O–H groups in total. The summed E-state index contributed by atoms with van der Waals surface area (Å²) in [4.78, 5) is 66.1. The van der Waals surface area contributed by atoms with Gasteiger partial charge in [-0.15, -0.1) is 0 Å². The molecule has 7 amide bonds. The van der Waals surface area contributed by atoms with Crippen LogP contribution in [0.5, 0.6) is 11.5 Å². The predicted molar refractivity (Wildman–Crippen MR) is 164 cm³/mol. The van der Waals surface area contributed by atoms with Crippen LogP contribution in [0.4, 0.5) is 14.4 Å². The fourth-order valence-electron chi connectivity index (χ4n) is 4.65. The van der Waals surface area contributed by atoms with Gasteiger partial charge in [0.2, 0.25) is 0 Å². The Labute approximate surface area is 273 Å². The van der Waals surface area contributed by atoms with E-state index in [1.807, 2.05) is 66.0 Å². The van der Waals surface area contributed by atoms with E-state index in [1.165, 1.54) is 6.07 Å². The second-order valence-electron chi connectivity index (χ2n) is 10.3. The molecular formula is C29H30N8O10S. The van der Waals surface area contributed by atoms with Crippen LogP contribution in [-0.4, -0.2) is 88.4 Å². The van der Waals surface area contributed by atoms with E-state index in [1.54, 1.807) is 4.72 Å². The zero-order chi connectivity index (χ0) is 34.4. The Hall–Kier alpha value is -5.95. The third-order valence-corrected chi connectivity index (χ3v) is 8.44. The number of nitrogens with two attached hydrogens (primary N) is 1. The molecule has 3 aromatic rings. The average molecular weight is 683 g/mol. The van der Waals surface area contributed by atoms with Crippen molar-refractivity contribution in [2.24, 2.45) is 5.73 Å². The number of ether oxygens (including phenoxy) is 2. The Balaban J connectivity index is 1.28. The number of nitrogens with one attached hydrogen (secondary N) is 3. The number of hydrogen-bond donors (Lipinski definition) is 5. The van der Waals surface area contributed by atoms with Gasteiger partial charge in [-0.2, -0.15) is 8.42 Å². The molecule has 0 aliphatic carbocycles. The fraction of sp³-hybridized carbons (Fsp3) is 0.241. The van der Waals surface area contributed by atoms with Gasteiger partial charge in [-0.3, -0.25) is 19.9 Å². The zero-order valence-corrected chi connectivity index (χ0v) is 25.9. The van der Waals surface area contributed by atoms with Crippen molar-refractivity contribution < 1.29 is 47.0 Å². The lowest BCUT2D eigenvalue weighted by Crippen LogP contribution is -2.67.